The highest BCUT2D eigenvalue weighted by molar-refractivity contribution is 5.89. The summed E-state index contributed by atoms with van der Waals surface area (Å²) in [4.78, 5) is 2.64. The van der Waals surface area contributed by atoms with Crippen LogP contribution in [0.25, 0.3) is 33.4 Å². The number of anilines is 3. The molecule has 1 heteroatoms. The molecule has 0 amide bonds. The highest BCUT2D eigenvalue weighted by atomic mass is 15.1. The van der Waals surface area contributed by atoms with Crippen molar-refractivity contribution >= 4 is 17.1 Å². The van der Waals surface area contributed by atoms with Crippen LogP contribution in [-0.4, -0.2) is 0 Å². The van der Waals surface area contributed by atoms with Crippen LogP contribution in [0.15, 0.2) is 121 Å². The summed E-state index contributed by atoms with van der Waals surface area (Å²) in [5.74, 6) is 0.588. The molecule has 2 aliphatic carbocycles. The van der Waals surface area contributed by atoms with E-state index < -0.39 is 0 Å². The van der Waals surface area contributed by atoms with Gasteiger partial charge in [-0.1, -0.05) is 201 Å². The summed E-state index contributed by atoms with van der Waals surface area (Å²) in [5.41, 5.74) is 21.0. The van der Waals surface area contributed by atoms with Gasteiger partial charge in [0.1, 0.15) is 0 Å². The van der Waals surface area contributed by atoms with Gasteiger partial charge < -0.3 is 4.90 Å². The first kappa shape index (κ1) is 43.8. The molecule has 6 aromatic rings. The number of rotatable bonds is 6. The average molecular weight is 820 g/mol. The maximum Gasteiger partial charge on any atom is 0.0501 e. The smallest absolute Gasteiger partial charge is 0.0501 e. The van der Waals surface area contributed by atoms with Crippen molar-refractivity contribution in [3.8, 4) is 33.4 Å². The van der Waals surface area contributed by atoms with Crippen LogP contribution in [0, 0.1) is 0 Å². The molecule has 0 radical (unpaired) electrons. The van der Waals surface area contributed by atoms with E-state index in [1.165, 1.54) is 121 Å². The standard InChI is InChI=1S/C61H73N/c1-57(2,3)46-24-20-23-41(32-46)43-31-44(45-33-47(58(4,5)6)38-48(34-45)59(7,8)9)36-50(35-43)62(49-28-29-52-51-25-18-19-26-53(51)61(13,14)55(52)39-49)56-37-42(40-21-16-15-17-22-40)27-30-54(56)60(10,11)12/h18-20,23-40H,15-17,21-22H2,1-14H3. The van der Waals surface area contributed by atoms with E-state index in [1.54, 1.807) is 0 Å². The minimum Gasteiger partial charge on any atom is -0.310 e. The molecule has 0 aromatic heterocycles. The lowest BCUT2D eigenvalue weighted by Gasteiger charge is -2.35. The Morgan fingerprint density at radius 2 is 1.02 bits per heavy atom. The summed E-state index contributed by atoms with van der Waals surface area (Å²) >= 11 is 0. The zero-order valence-corrected chi connectivity index (χ0v) is 40.6. The summed E-state index contributed by atoms with van der Waals surface area (Å²) in [7, 11) is 0. The predicted molar refractivity (Wildman–Crippen MR) is 270 cm³/mol. The summed E-state index contributed by atoms with van der Waals surface area (Å²) in [5, 5.41) is 0. The molecular weight excluding hydrogens is 747 g/mol. The van der Waals surface area contributed by atoms with E-state index in [1.807, 2.05) is 0 Å². The minimum atomic E-state index is -0.123. The lowest BCUT2D eigenvalue weighted by atomic mass is 9.78. The number of benzene rings is 6. The normalized spacial score (nSPS) is 15.6. The van der Waals surface area contributed by atoms with Crippen LogP contribution in [0.5, 0.6) is 0 Å². The molecule has 0 spiro atoms. The Balaban J connectivity index is 1.46. The van der Waals surface area contributed by atoms with Crippen LogP contribution in [0.4, 0.5) is 17.1 Å². The molecule has 0 bridgehead atoms. The van der Waals surface area contributed by atoms with Crippen molar-refractivity contribution in [2.75, 3.05) is 4.90 Å². The molecule has 1 nitrogen and oxygen atoms in total. The molecule has 0 saturated heterocycles. The van der Waals surface area contributed by atoms with E-state index in [9.17, 15) is 0 Å². The van der Waals surface area contributed by atoms with Gasteiger partial charge in [-0.3, -0.25) is 0 Å². The quantitative estimate of drug-likeness (QED) is 0.162. The molecule has 0 heterocycles. The van der Waals surface area contributed by atoms with Crippen molar-refractivity contribution in [3.63, 3.8) is 0 Å². The Bertz CT molecular complexity index is 2580. The Hall–Kier alpha value is -4.88. The summed E-state index contributed by atoms with van der Waals surface area (Å²) < 4.78 is 0. The van der Waals surface area contributed by atoms with Gasteiger partial charge in [-0.25, -0.2) is 0 Å². The third kappa shape index (κ3) is 8.46. The van der Waals surface area contributed by atoms with E-state index in [0.29, 0.717) is 5.92 Å². The number of nitrogens with zero attached hydrogens (tertiary/aromatic N) is 1. The first-order valence-corrected chi connectivity index (χ1v) is 23.6. The van der Waals surface area contributed by atoms with Crippen molar-refractivity contribution in [1.29, 1.82) is 0 Å². The maximum atomic E-state index is 2.64. The van der Waals surface area contributed by atoms with Gasteiger partial charge in [-0.15, -0.1) is 0 Å². The van der Waals surface area contributed by atoms with Gasteiger partial charge >= 0.3 is 0 Å². The van der Waals surface area contributed by atoms with Crippen LogP contribution in [0.1, 0.15) is 174 Å². The molecule has 0 N–H and O–H groups in total. The molecule has 0 atom stereocenters. The zero-order valence-electron chi connectivity index (χ0n) is 40.6. The molecule has 62 heavy (non-hydrogen) atoms. The average Bonchev–Trinajstić information content (AvgIpc) is 3.45. The van der Waals surface area contributed by atoms with E-state index in [-0.39, 0.29) is 27.1 Å². The third-order valence-electron chi connectivity index (χ3n) is 14.2. The fourth-order valence-corrected chi connectivity index (χ4v) is 10.2. The van der Waals surface area contributed by atoms with Gasteiger partial charge in [0.25, 0.3) is 0 Å². The molecular formula is C61H73N. The fourth-order valence-electron chi connectivity index (χ4n) is 10.2. The minimum absolute atomic E-state index is 0.000504. The van der Waals surface area contributed by atoms with Crippen molar-refractivity contribution in [2.45, 2.75) is 162 Å². The van der Waals surface area contributed by atoms with Gasteiger partial charge in [-0.05, 0) is 149 Å². The number of hydrogen-bond donors (Lipinski definition) is 0. The molecule has 0 unspecified atom stereocenters. The van der Waals surface area contributed by atoms with Crippen LogP contribution < -0.4 is 4.90 Å². The Morgan fingerprint density at radius 1 is 0.435 bits per heavy atom. The lowest BCUT2D eigenvalue weighted by molar-refractivity contribution is 0.443. The monoisotopic (exact) mass is 820 g/mol. The van der Waals surface area contributed by atoms with Crippen molar-refractivity contribution in [1.82, 2.24) is 0 Å². The molecule has 1 fully saturated rings. The molecule has 0 aliphatic heterocycles. The van der Waals surface area contributed by atoms with Crippen molar-refractivity contribution < 1.29 is 0 Å². The van der Waals surface area contributed by atoms with Gasteiger partial charge in [0.15, 0.2) is 0 Å². The van der Waals surface area contributed by atoms with Crippen LogP contribution in [0.2, 0.25) is 0 Å². The van der Waals surface area contributed by atoms with E-state index in [4.69, 9.17) is 0 Å². The molecule has 2 aliphatic rings. The first-order valence-electron chi connectivity index (χ1n) is 23.6. The number of fused-ring (bicyclic) bond motifs is 3. The molecule has 8 rings (SSSR count). The van der Waals surface area contributed by atoms with Crippen molar-refractivity contribution in [2.24, 2.45) is 0 Å². The second-order valence-corrected chi connectivity index (χ2v) is 23.5. The highest BCUT2D eigenvalue weighted by Crippen LogP contribution is 2.52. The van der Waals surface area contributed by atoms with Crippen molar-refractivity contribution in [3.05, 3.63) is 160 Å². The van der Waals surface area contributed by atoms with E-state index >= 15 is 0 Å². The second kappa shape index (κ2) is 15.7. The van der Waals surface area contributed by atoms with Gasteiger partial charge in [0.2, 0.25) is 0 Å². The SMILES string of the molecule is CC(C)(C)c1cccc(-c2cc(-c3cc(C(C)(C)C)cc(C(C)(C)C)c3)cc(N(c3ccc4c(c3)C(C)(C)c3ccccc3-4)c3cc(C4CCCCC4)ccc3C(C)(C)C)c2)c1. The summed E-state index contributed by atoms with van der Waals surface area (Å²) in [6, 6.07) is 48.0. The number of hydrogen-bond acceptors (Lipinski definition) is 1. The largest absolute Gasteiger partial charge is 0.310 e. The summed E-state index contributed by atoms with van der Waals surface area (Å²) in [6.07, 6.45) is 6.51. The van der Waals surface area contributed by atoms with E-state index in [2.05, 4.69) is 223 Å². The van der Waals surface area contributed by atoms with Crippen LogP contribution in [-0.2, 0) is 27.1 Å². The first-order chi connectivity index (χ1) is 29.0. The third-order valence-corrected chi connectivity index (χ3v) is 14.2. The predicted octanol–water partition coefficient (Wildman–Crippen LogP) is 18.0. The van der Waals surface area contributed by atoms with Gasteiger partial charge in [0, 0.05) is 16.8 Å². The topological polar surface area (TPSA) is 3.24 Å². The maximum absolute atomic E-state index is 2.64. The fraction of sp³-hybridized carbons (Fsp3) is 0.410. The highest BCUT2D eigenvalue weighted by Gasteiger charge is 2.36. The Kier molecular flexibility index (Phi) is 11.1. The second-order valence-electron chi connectivity index (χ2n) is 23.5. The lowest BCUT2D eigenvalue weighted by Crippen LogP contribution is -2.21. The van der Waals surface area contributed by atoms with Gasteiger partial charge in [0.05, 0.1) is 5.69 Å². The van der Waals surface area contributed by atoms with Gasteiger partial charge in [-0.2, -0.15) is 0 Å². The van der Waals surface area contributed by atoms with Crippen LogP contribution >= 0.6 is 0 Å². The molecule has 6 aromatic carbocycles. The Labute approximate surface area is 376 Å². The molecule has 1 saturated carbocycles. The Morgan fingerprint density at radius 3 is 1.65 bits per heavy atom. The summed E-state index contributed by atoms with van der Waals surface area (Å²) in [6.45, 7) is 33.0. The van der Waals surface area contributed by atoms with E-state index in [0.717, 1.165) is 0 Å². The zero-order chi connectivity index (χ0) is 44.6. The molecule has 322 valence electrons. The van der Waals surface area contributed by atoms with Crippen LogP contribution in [0.3, 0.4) is 0 Å².